The Bertz CT molecular complexity index is 144. The molecule has 13 heavy (non-hydrogen) atoms. The molecular formula is C12H25N. The van der Waals surface area contributed by atoms with Crippen LogP contribution >= 0.6 is 0 Å². The standard InChI is InChI=1S/C12H25N/c1-4-9-13-12(3)8-6-7-11(5-2)10-12/h11,13H,4-10H2,1-3H3. The van der Waals surface area contributed by atoms with Gasteiger partial charge >= 0.3 is 0 Å². The lowest BCUT2D eigenvalue weighted by atomic mass is 9.76. The van der Waals surface area contributed by atoms with Crippen molar-refractivity contribution in [1.29, 1.82) is 0 Å². The summed E-state index contributed by atoms with van der Waals surface area (Å²) >= 11 is 0. The van der Waals surface area contributed by atoms with E-state index >= 15 is 0 Å². The van der Waals surface area contributed by atoms with Crippen molar-refractivity contribution in [2.24, 2.45) is 5.92 Å². The molecule has 0 aliphatic heterocycles. The molecule has 1 aliphatic rings. The Balaban J connectivity index is 2.37. The average molecular weight is 183 g/mol. The lowest BCUT2D eigenvalue weighted by Gasteiger charge is -2.39. The van der Waals surface area contributed by atoms with E-state index in [9.17, 15) is 0 Å². The van der Waals surface area contributed by atoms with Gasteiger partial charge in [0.05, 0.1) is 0 Å². The van der Waals surface area contributed by atoms with Gasteiger partial charge in [-0.05, 0) is 38.6 Å². The molecule has 1 aliphatic carbocycles. The van der Waals surface area contributed by atoms with Crippen LogP contribution in [-0.4, -0.2) is 12.1 Å². The van der Waals surface area contributed by atoms with Gasteiger partial charge in [0.15, 0.2) is 0 Å². The second kappa shape index (κ2) is 4.99. The molecule has 1 rings (SSSR count). The van der Waals surface area contributed by atoms with E-state index < -0.39 is 0 Å². The van der Waals surface area contributed by atoms with Gasteiger partial charge in [-0.25, -0.2) is 0 Å². The molecule has 0 aromatic heterocycles. The van der Waals surface area contributed by atoms with Gasteiger partial charge in [0.2, 0.25) is 0 Å². The number of rotatable bonds is 4. The maximum Gasteiger partial charge on any atom is 0.0156 e. The van der Waals surface area contributed by atoms with E-state index in [0.717, 1.165) is 5.92 Å². The highest BCUT2D eigenvalue weighted by Gasteiger charge is 2.30. The van der Waals surface area contributed by atoms with Crippen molar-refractivity contribution < 1.29 is 0 Å². The Morgan fingerprint density at radius 2 is 2.15 bits per heavy atom. The Labute approximate surface area is 83.3 Å². The minimum atomic E-state index is 0.453. The molecule has 0 bridgehead atoms. The summed E-state index contributed by atoms with van der Waals surface area (Å²) in [6.07, 6.45) is 8.27. The van der Waals surface area contributed by atoms with Crippen LogP contribution in [0.3, 0.4) is 0 Å². The van der Waals surface area contributed by atoms with Crippen LogP contribution in [0.1, 0.15) is 59.3 Å². The average Bonchev–Trinajstić information content (AvgIpc) is 2.15. The summed E-state index contributed by atoms with van der Waals surface area (Å²) in [5.41, 5.74) is 0.453. The number of nitrogens with one attached hydrogen (secondary N) is 1. The second-order valence-corrected chi connectivity index (χ2v) is 4.86. The van der Waals surface area contributed by atoms with E-state index in [1.807, 2.05) is 0 Å². The summed E-state index contributed by atoms with van der Waals surface area (Å²) in [5.74, 6) is 0.975. The molecule has 0 aromatic carbocycles. The Morgan fingerprint density at radius 1 is 1.38 bits per heavy atom. The predicted molar refractivity (Wildman–Crippen MR) is 58.9 cm³/mol. The fraction of sp³-hybridized carbons (Fsp3) is 1.00. The second-order valence-electron chi connectivity index (χ2n) is 4.86. The zero-order valence-corrected chi connectivity index (χ0v) is 9.53. The highest BCUT2D eigenvalue weighted by Crippen LogP contribution is 2.33. The molecule has 2 unspecified atom stereocenters. The molecular weight excluding hydrogens is 158 g/mol. The van der Waals surface area contributed by atoms with Crippen LogP contribution in [0.15, 0.2) is 0 Å². The van der Waals surface area contributed by atoms with Gasteiger partial charge in [-0.2, -0.15) is 0 Å². The first-order chi connectivity index (χ1) is 6.20. The van der Waals surface area contributed by atoms with Gasteiger partial charge < -0.3 is 5.32 Å². The molecule has 0 radical (unpaired) electrons. The van der Waals surface area contributed by atoms with E-state index in [4.69, 9.17) is 0 Å². The van der Waals surface area contributed by atoms with E-state index in [2.05, 4.69) is 26.1 Å². The summed E-state index contributed by atoms with van der Waals surface area (Å²) in [6.45, 7) is 8.17. The maximum absolute atomic E-state index is 3.71. The highest BCUT2D eigenvalue weighted by molar-refractivity contribution is 4.89. The van der Waals surface area contributed by atoms with E-state index in [1.165, 1.54) is 45.1 Å². The predicted octanol–water partition coefficient (Wildman–Crippen LogP) is 3.34. The molecule has 1 saturated carbocycles. The van der Waals surface area contributed by atoms with E-state index in [-0.39, 0.29) is 0 Å². The molecule has 1 N–H and O–H groups in total. The van der Waals surface area contributed by atoms with Crippen LogP contribution in [0.4, 0.5) is 0 Å². The van der Waals surface area contributed by atoms with Crippen molar-refractivity contribution in [3.05, 3.63) is 0 Å². The lowest BCUT2D eigenvalue weighted by molar-refractivity contribution is 0.193. The smallest absolute Gasteiger partial charge is 0.0156 e. The zero-order valence-electron chi connectivity index (χ0n) is 9.53. The number of hydrogen-bond acceptors (Lipinski definition) is 1. The molecule has 0 saturated heterocycles. The first-order valence-corrected chi connectivity index (χ1v) is 5.95. The minimum Gasteiger partial charge on any atom is -0.312 e. The molecule has 0 heterocycles. The minimum absolute atomic E-state index is 0.453. The van der Waals surface area contributed by atoms with Gasteiger partial charge in [-0.3, -0.25) is 0 Å². The van der Waals surface area contributed by atoms with E-state index in [1.54, 1.807) is 0 Å². The van der Waals surface area contributed by atoms with E-state index in [0.29, 0.717) is 5.54 Å². The molecule has 0 aromatic rings. The maximum atomic E-state index is 3.71. The highest BCUT2D eigenvalue weighted by atomic mass is 15.0. The lowest BCUT2D eigenvalue weighted by Crippen LogP contribution is -2.46. The van der Waals surface area contributed by atoms with Crippen molar-refractivity contribution in [3.63, 3.8) is 0 Å². The third-order valence-corrected chi connectivity index (χ3v) is 3.46. The monoisotopic (exact) mass is 183 g/mol. The van der Waals surface area contributed by atoms with Crippen LogP contribution in [0.25, 0.3) is 0 Å². The fourth-order valence-electron chi connectivity index (χ4n) is 2.56. The quantitative estimate of drug-likeness (QED) is 0.705. The summed E-state index contributed by atoms with van der Waals surface area (Å²) in [6, 6.07) is 0. The van der Waals surface area contributed by atoms with Crippen LogP contribution in [0.5, 0.6) is 0 Å². The first kappa shape index (κ1) is 11.0. The van der Waals surface area contributed by atoms with Crippen LogP contribution in [-0.2, 0) is 0 Å². The summed E-state index contributed by atoms with van der Waals surface area (Å²) in [7, 11) is 0. The fourth-order valence-corrected chi connectivity index (χ4v) is 2.56. The van der Waals surface area contributed by atoms with Crippen LogP contribution in [0, 0.1) is 5.92 Å². The topological polar surface area (TPSA) is 12.0 Å². The summed E-state index contributed by atoms with van der Waals surface area (Å²) in [5, 5.41) is 3.71. The SMILES string of the molecule is CCCNC1(C)CCCC(CC)C1. The van der Waals surface area contributed by atoms with Gasteiger partial charge in [-0.1, -0.05) is 33.1 Å². The Kier molecular flexibility index (Phi) is 4.24. The van der Waals surface area contributed by atoms with Crippen molar-refractivity contribution in [2.75, 3.05) is 6.54 Å². The van der Waals surface area contributed by atoms with Gasteiger partial charge in [0, 0.05) is 5.54 Å². The molecule has 78 valence electrons. The van der Waals surface area contributed by atoms with Crippen molar-refractivity contribution in [3.8, 4) is 0 Å². The third-order valence-electron chi connectivity index (χ3n) is 3.46. The molecule has 1 fully saturated rings. The first-order valence-electron chi connectivity index (χ1n) is 5.95. The molecule has 0 amide bonds. The molecule has 1 heteroatoms. The molecule has 1 nitrogen and oxygen atoms in total. The molecule has 2 atom stereocenters. The van der Waals surface area contributed by atoms with Crippen LogP contribution in [0.2, 0.25) is 0 Å². The van der Waals surface area contributed by atoms with Crippen LogP contribution < -0.4 is 5.32 Å². The summed E-state index contributed by atoms with van der Waals surface area (Å²) < 4.78 is 0. The van der Waals surface area contributed by atoms with Gasteiger partial charge in [0.25, 0.3) is 0 Å². The zero-order chi connectivity index (χ0) is 9.73. The van der Waals surface area contributed by atoms with Crippen molar-refractivity contribution in [2.45, 2.75) is 64.8 Å². The Hall–Kier alpha value is -0.0400. The summed E-state index contributed by atoms with van der Waals surface area (Å²) in [4.78, 5) is 0. The van der Waals surface area contributed by atoms with Gasteiger partial charge in [-0.15, -0.1) is 0 Å². The molecule has 0 spiro atoms. The third kappa shape index (κ3) is 3.30. The Morgan fingerprint density at radius 3 is 2.77 bits per heavy atom. The normalized spacial score (nSPS) is 34.8. The van der Waals surface area contributed by atoms with Crippen molar-refractivity contribution in [1.82, 2.24) is 5.32 Å². The largest absolute Gasteiger partial charge is 0.312 e. The number of hydrogen-bond donors (Lipinski definition) is 1. The van der Waals surface area contributed by atoms with Crippen molar-refractivity contribution >= 4 is 0 Å². The van der Waals surface area contributed by atoms with Gasteiger partial charge in [0.1, 0.15) is 0 Å².